The summed E-state index contributed by atoms with van der Waals surface area (Å²) in [6.07, 6.45) is 0.594. The minimum atomic E-state index is -0.474. The molecule has 2 aromatic heterocycles. The molecule has 2 N–H and O–H groups in total. The van der Waals surface area contributed by atoms with Crippen molar-refractivity contribution < 1.29 is 14.6 Å². The fraction of sp³-hybridized carbons (Fsp3) is 0.143. The Morgan fingerprint density at radius 2 is 1.90 bits per heavy atom. The molecule has 0 spiro atoms. The second kappa shape index (κ2) is 8.12. The van der Waals surface area contributed by atoms with Gasteiger partial charge in [0.05, 0.1) is 32.7 Å². The number of hydrogen-bond donors (Lipinski definition) is 2. The highest BCUT2D eigenvalue weighted by atomic mass is 32.1. The van der Waals surface area contributed by atoms with E-state index in [1.807, 2.05) is 48.5 Å². The minimum absolute atomic E-state index is 0.0554. The molecule has 0 saturated heterocycles. The Bertz CT molecular complexity index is 1200. The summed E-state index contributed by atoms with van der Waals surface area (Å²) in [5.74, 6) is -0.589. The zero-order valence-corrected chi connectivity index (χ0v) is 16.1. The lowest BCUT2D eigenvalue weighted by atomic mass is 10.2. The molecular weight excluding hydrogens is 388 g/mol. The van der Waals surface area contributed by atoms with Gasteiger partial charge >= 0.3 is 5.97 Å². The Kier molecular flexibility index (Phi) is 5.22. The number of aromatic amines is 1. The van der Waals surface area contributed by atoms with Crippen LogP contribution in [0.2, 0.25) is 0 Å². The summed E-state index contributed by atoms with van der Waals surface area (Å²) in [5, 5.41) is 20.5. The molecule has 0 fully saturated rings. The first-order valence-corrected chi connectivity index (χ1v) is 9.73. The van der Waals surface area contributed by atoms with Gasteiger partial charge in [-0.3, -0.25) is 4.79 Å². The number of carbonyl (C=O) groups excluding carboxylic acids is 1. The number of allylic oxidation sites excluding steroid dienone is 1. The summed E-state index contributed by atoms with van der Waals surface area (Å²) in [5.41, 5.74) is 2.28. The van der Waals surface area contributed by atoms with Crippen LogP contribution >= 0.6 is 11.3 Å². The van der Waals surface area contributed by atoms with Crippen LogP contribution in [-0.2, 0) is 16.0 Å². The molecule has 0 aliphatic carbocycles. The Labute approximate surface area is 169 Å². The second-order valence-corrected chi connectivity index (χ2v) is 7.39. The predicted octanol–water partition coefficient (Wildman–Crippen LogP) is 4.14. The highest BCUT2D eigenvalue weighted by Crippen LogP contribution is 2.23. The lowest BCUT2D eigenvalue weighted by Gasteiger charge is -2.05. The summed E-state index contributed by atoms with van der Waals surface area (Å²) in [7, 11) is 0. The first kappa shape index (κ1) is 18.7. The summed E-state index contributed by atoms with van der Waals surface area (Å²) in [6, 6.07) is 17.0. The van der Waals surface area contributed by atoms with Gasteiger partial charge in [-0.25, -0.2) is 9.97 Å². The number of thiazole rings is 1. The van der Waals surface area contributed by atoms with E-state index in [9.17, 15) is 15.2 Å². The maximum atomic E-state index is 12.0. The largest absolute Gasteiger partial charge is 0.507 e. The number of nitriles is 1. The molecule has 0 bridgehead atoms. The number of esters is 1. The number of H-pyrrole nitrogens is 1. The topological polar surface area (TPSA) is 112 Å². The average molecular weight is 404 g/mol. The standard InChI is InChI=1S/C21H16N4O3S/c22-11-13(21-24-14-5-1-2-6-15(14)25-21)17(26)12-28-20(27)10-9-19-23-16-7-3-4-8-18(16)29-19/h1-8,26H,9-10,12H2,(H,24,25). The molecule has 0 aliphatic heterocycles. The number of aliphatic hydroxyl groups is 1. The first-order valence-electron chi connectivity index (χ1n) is 8.91. The van der Waals surface area contributed by atoms with Crippen molar-refractivity contribution in [1.82, 2.24) is 15.0 Å². The lowest BCUT2D eigenvalue weighted by molar-refractivity contribution is -0.143. The van der Waals surface area contributed by atoms with Gasteiger partial charge in [0, 0.05) is 6.42 Å². The van der Waals surface area contributed by atoms with E-state index in [0.717, 1.165) is 20.7 Å². The number of carbonyl (C=O) groups is 1. The van der Waals surface area contributed by atoms with E-state index in [0.29, 0.717) is 11.9 Å². The van der Waals surface area contributed by atoms with Crippen LogP contribution < -0.4 is 0 Å². The molecule has 144 valence electrons. The van der Waals surface area contributed by atoms with E-state index >= 15 is 0 Å². The number of nitrogens with zero attached hydrogens (tertiary/aromatic N) is 3. The van der Waals surface area contributed by atoms with E-state index < -0.39 is 12.6 Å². The highest BCUT2D eigenvalue weighted by Gasteiger charge is 2.15. The molecule has 0 aliphatic rings. The number of aliphatic hydroxyl groups excluding tert-OH is 1. The number of fused-ring (bicyclic) bond motifs is 2. The maximum Gasteiger partial charge on any atom is 0.306 e. The fourth-order valence-corrected chi connectivity index (χ4v) is 3.82. The highest BCUT2D eigenvalue weighted by molar-refractivity contribution is 7.18. The van der Waals surface area contributed by atoms with Crippen molar-refractivity contribution in [1.29, 1.82) is 5.26 Å². The predicted molar refractivity (Wildman–Crippen MR) is 110 cm³/mol. The Hall–Kier alpha value is -3.70. The zero-order valence-electron chi connectivity index (χ0n) is 15.3. The zero-order chi connectivity index (χ0) is 20.2. The number of ether oxygens (including phenoxy) is 1. The van der Waals surface area contributed by atoms with Crippen LogP contribution in [0.1, 0.15) is 17.3 Å². The molecule has 4 rings (SSSR count). The molecule has 2 heterocycles. The summed E-state index contributed by atoms with van der Waals surface area (Å²) < 4.78 is 6.19. The normalized spacial score (nSPS) is 12.0. The van der Waals surface area contributed by atoms with Crippen molar-refractivity contribution in [3.63, 3.8) is 0 Å². The van der Waals surface area contributed by atoms with E-state index in [2.05, 4.69) is 15.0 Å². The Morgan fingerprint density at radius 3 is 2.66 bits per heavy atom. The SMILES string of the molecule is N#CC(=C(O)COC(=O)CCc1nc2ccccc2s1)c1nc2ccccc2[nH]1. The molecule has 0 saturated carbocycles. The van der Waals surface area contributed by atoms with Crippen LogP contribution in [0.4, 0.5) is 0 Å². The van der Waals surface area contributed by atoms with Gasteiger partial charge in [-0.2, -0.15) is 5.26 Å². The molecule has 29 heavy (non-hydrogen) atoms. The number of rotatable bonds is 6. The third-order valence-electron chi connectivity index (χ3n) is 4.28. The van der Waals surface area contributed by atoms with Gasteiger partial charge < -0.3 is 14.8 Å². The van der Waals surface area contributed by atoms with Gasteiger partial charge in [0.1, 0.15) is 18.2 Å². The second-order valence-electron chi connectivity index (χ2n) is 6.27. The summed E-state index contributed by atoms with van der Waals surface area (Å²) in [4.78, 5) is 23.8. The van der Waals surface area contributed by atoms with Gasteiger partial charge in [0.15, 0.2) is 11.6 Å². The molecule has 4 aromatic rings. The fourth-order valence-electron chi connectivity index (χ4n) is 2.85. The van der Waals surface area contributed by atoms with Gasteiger partial charge in [-0.1, -0.05) is 24.3 Å². The number of aryl methyl sites for hydroxylation is 1. The third kappa shape index (κ3) is 4.10. The van der Waals surface area contributed by atoms with Crippen molar-refractivity contribution >= 4 is 44.1 Å². The van der Waals surface area contributed by atoms with Crippen molar-refractivity contribution in [3.8, 4) is 6.07 Å². The van der Waals surface area contributed by atoms with Crippen LogP contribution in [0.15, 0.2) is 54.3 Å². The van der Waals surface area contributed by atoms with Crippen molar-refractivity contribution in [3.05, 3.63) is 65.1 Å². The molecule has 0 atom stereocenters. The van der Waals surface area contributed by atoms with E-state index in [1.54, 1.807) is 6.07 Å². The Morgan fingerprint density at radius 1 is 1.14 bits per heavy atom. The van der Waals surface area contributed by atoms with Gasteiger partial charge in [-0.05, 0) is 24.3 Å². The molecular formula is C21H16N4O3S. The van der Waals surface area contributed by atoms with E-state index in [4.69, 9.17) is 4.74 Å². The number of aromatic nitrogens is 3. The maximum absolute atomic E-state index is 12.0. The molecule has 0 unspecified atom stereocenters. The van der Waals surface area contributed by atoms with E-state index in [1.165, 1.54) is 11.3 Å². The molecule has 0 radical (unpaired) electrons. The number of benzene rings is 2. The number of para-hydroxylation sites is 3. The minimum Gasteiger partial charge on any atom is -0.507 e. The smallest absolute Gasteiger partial charge is 0.306 e. The van der Waals surface area contributed by atoms with Crippen LogP contribution in [0, 0.1) is 11.3 Å². The summed E-state index contributed by atoms with van der Waals surface area (Å²) in [6.45, 7) is -0.390. The van der Waals surface area contributed by atoms with Crippen molar-refractivity contribution in [2.24, 2.45) is 0 Å². The number of imidazole rings is 1. The third-order valence-corrected chi connectivity index (χ3v) is 5.37. The molecule has 2 aromatic carbocycles. The molecule has 0 amide bonds. The van der Waals surface area contributed by atoms with Crippen LogP contribution in [0.5, 0.6) is 0 Å². The van der Waals surface area contributed by atoms with Crippen LogP contribution in [-0.4, -0.2) is 32.6 Å². The summed E-state index contributed by atoms with van der Waals surface area (Å²) >= 11 is 1.54. The average Bonchev–Trinajstić information content (AvgIpc) is 3.34. The van der Waals surface area contributed by atoms with E-state index in [-0.39, 0.29) is 23.6 Å². The number of nitrogens with one attached hydrogen (secondary N) is 1. The van der Waals surface area contributed by atoms with Crippen LogP contribution in [0.25, 0.3) is 26.8 Å². The Balaban J connectivity index is 1.38. The molecule has 7 nitrogen and oxygen atoms in total. The first-order chi connectivity index (χ1) is 14.1. The van der Waals surface area contributed by atoms with Crippen molar-refractivity contribution in [2.75, 3.05) is 6.61 Å². The quantitative estimate of drug-likeness (QED) is 0.284. The number of hydrogen-bond acceptors (Lipinski definition) is 7. The van der Waals surface area contributed by atoms with Gasteiger partial charge in [-0.15, -0.1) is 11.3 Å². The van der Waals surface area contributed by atoms with Gasteiger partial charge in [0.25, 0.3) is 0 Å². The van der Waals surface area contributed by atoms with Crippen molar-refractivity contribution in [2.45, 2.75) is 12.8 Å². The molecule has 8 heteroatoms. The lowest BCUT2D eigenvalue weighted by Crippen LogP contribution is -2.09. The monoisotopic (exact) mass is 404 g/mol. The van der Waals surface area contributed by atoms with Gasteiger partial charge in [0.2, 0.25) is 0 Å². The van der Waals surface area contributed by atoms with Crippen LogP contribution in [0.3, 0.4) is 0 Å².